The number of nitrogens with one attached hydrogen (secondary N) is 1. The molecule has 1 aromatic carbocycles. The number of fused-ring (bicyclic) bond motifs is 1. The quantitative estimate of drug-likeness (QED) is 0.839. The number of rotatable bonds is 5. The number of amides is 1. The first kappa shape index (κ1) is 17.2. The smallest absolute Gasteiger partial charge is 0.343 e. The van der Waals surface area contributed by atoms with Crippen molar-refractivity contribution >= 4 is 28.5 Å². The Morgan fingerprint density at radius 1 is 1.32 bits per heavy atom. The van der Waals surface area contributed by atoms with E-state index in [4.69, 9.17) is 9.47 Å². The number of benzene rings is 1. The third kappa shape index (κ3) is 3.29. The lowest BCUT2D eigenvalue weighted by Crippen LogP contribution is -2.15. The molecule has 1 fully saturated rings. The first-order valence-electron chi connectivity index (χ1n) is 8.51. The molecule has 132 valence electrons. The summed E-state index contributed by atoms with van der Waals surface area (Å²) in [6, 6.07) is 5.65. The normalized spacial score (nSPS) is 14.0. The summed E-state index contributed by atoms with van der Waals surface area (Å²) < 4.78 is 10.4. The zero-order valence-electron chi connectivity index (χ0n) is 14.7. The Balaban J connectivity index is 2.18. The van der Waals surface area contributed by atoms with Crippen LogP contribution in [0.15, 0.2) is 18.2 Å². The van der Waals surface area contributed by atoms with Gasteiger partial charge in [0.05, 0.1) is 24.9 Å². The van der Waals surface area contributed by atoms with Gasteiger partial charge in [-0.05, 0) is 37.3 Å². The molecular formula is C19H22N2O4. The Morgan fingerprint density at radius 2 is 2.08 bits per heavy atom. The summed E-state index contributed by atoms with van der Waals surface area (Å²) in [6.07, 6.45) is 3.41. The van der Waals surface area contributed by atoms with Crippen molar-refractivity contribution in [3.63, 3.8) is 0 Å². The van der Waals surface area contributed by atoms with Crippen molar-refractivity contribution in [2.75, 3.05) is 19.0 Å². The van der Waals surface area contributed by atoms with Crippen LogP contribution < -0.4 is 10.1 Å². The number of carbonyl (C=O) groups is 2. The van der Waals surface area contributed by atoms with E-state index in [0.29, 0.717) is 17.1 Å². The molecule has 0 atom stereocenters. The van der Waals surface area contributed by atoms with Crippen molar-refractivity contribution in [3.05, 3.63) is 29.3 Å². The highest BCUT2D eigenvalue weighted by Gasteiger charge is 2.25. The number of esters is 1. The standard InChI is InChI=1S/C19H22N2O4/c1-4-25-19(23)15-10-13-8-9-14(12-6-5-7-12)17(20-11(2)22)16(13)21-18(15)24-3/h8-10,12H,4-7H2,1-3H3,(H,20,22). The van der Waals surface area contributed by atoms with Crippen LogP contribution in [0.5, 0.6) is 5.88 Å². The molecule has 6 nitrogen and oxygen atoms in total. The van der Waals surface area contributed by atoms with Gasteiger partial charge >= 0.3 is 5.97 Å². The molecule has 1 heterocycles. The van der Waals surface area contributed by atoms with Gasteiger partial charge in [-0.3, -0.25) is 4.79 Å². The molecule has 2 aromatic rings. The van der Waals surface area contributed by atoms with Gasteiger partial charge < -0.3 is 14.8 Å². The summed E-state index contributed by atoms with van der Waals surface area (Å²) in [5.41, 5.74) is 2.71. The number of ether oxygens (including phenoxy) is 2. The van der Waals surface area contributed by atoms with E-state index in [1.807, 2.05) is 12.1 Å². The largest absolute Gasteiger partial charge is 0.480 e. The third-order valence-electron chi connectivity index (χ3n) is 4.52. The molecule has 3 rings (SSSR count). The van der Waals surface area contributed by atoms with Gasteiger partial charge in [0.15, 0.2) is 0 Å². The predicted octanol–water partition coefficient (Wildman–Crippen LogP) is 3.65. The van der Waals surface area contributed by atoms with Gasteiger partial charge in [-0.25, -0.2) is 9.78 Å². The minimum atomic E-state index is -0.474. The van der Waals surface area contributed by atoms with Crippen LogP contribution >= 0.6 is 0 Å². The molecule has 6 heteroatoms. The Hall–Kier alpha value is -2.63. The van der Waals surface area contributed by atoms with E-state index in [1.165, 1.54) is 20.5 Å². The lowest BCUT2D eigenvalue weighted by Gasteiger charge is -2.28. The van der Waals surface area contributed by atoms with Gasteiger partial charge in [-0.15, -0.1) is 0 Å². The van der Waals surface area contributed by atoms with Crippen LogP contribution in [0, 0.1) is 0 Å². The minimum Gasteiger partial charge on any atom is -0.480 e. The number of carbonyl (C=O) groups excluding carboxylic acids is 2. The Labute approximate surface area is 146 Å². The lowest BCUT2D eigenvalue weighted by molar-refractivity contribution is -0.114. The minimum absolute atomic E-state index is 0.150. The molecule has 0 aliphatic heterocycles. The molecule has 1 saturated carbocycles. The zero-order chi connectivity index (χ0) is 18.0. The number of pyridine rings is 1. The molecule has 0 spiro atoms. The van der Waals surface area contributed by atoms with E-state index < -0.39 is 5.97 Å². The predicted molar refractivity (Wildman–Crippen MR) is 95.1 cm³/mol. The number of aromatic nitrogens is 1. The molecule has 1 aromatic heterocycles. The maximum Gasteiger partial charge on any atom is 0.343 e. The van der Waals surface area contributed by atoms with Crippen LogP contribution in [-0.2, 0) is 9.53 Å². The fourth-order valence-corrected chi connectivity index (χ4v) is 3.12. The van der Waals surface area contributed by atoms with Crippen molar-refractivity contribution in [1.29, 1.82) is 0 Å². The Bertz CT molecular complexity index is 828. The van der Waals surface area contributed by atoms with Crippen molar-refractivity contribution in [3.8, 4) is 5.88 Å². The number of hydrogen-bond donors (Lipinski definition) is 1. The van der Waals surface area contributed by atoms with E-state index in [1.54, 1.807) is 13.0 Å². The van der Waals surface area contributed by atoms with Crippen molar-refractivity contribution in [2.24, 2.45) is 0 Å². The summed E-state index contributed by atoms with van der Waals surface area (Å²) in [5, 5.41) is 3.68. The lowest BCUT2D eigenvalue weighted by atomic mass is 9.79. The zero-order valence-corrected chi connectivity index (χ0v) is 14.7. The SMILES string of the molecule is CCOC(=O)c1cc2ccc(C3CCC3)c(NC(C)=O)c2nc1OC. The first-order valence-corrected chi connectivity index (χ1v) is 8.51. The molecule has 25 heavy (non-hydrogen) atoms. The maximum absolute atomic E-state index is 12.1. The second-order valence-electron chi connectivity index (χ2n) is 6.18. The van der Waals surface area contributed by atoms with Crippen LogP contribution in [0.3, 0.4) is 0 Å². The van der Waals surface area contributed by atoms with E-state index in [9.17, 15) is 9.59 Å². The van der Waals surface area contributed by atoms with Crippen LogP contribution in [-0.4, -0.2) is 30.6 Å². The summed E-state index contributed by atoms with van der Waals surface area (Å²) in [7, 11) is 1.46. The molecule has 0 saturated heterocycles. The topological polar surface area (TPSA) is 77.5 Å². The average Bonchev–Trinajstić information content (AvgIpc) is 2.54. The summed E-state index contributed by atoms with van der Waals surface area (Å²) in [6.45, 7) is 3.50. The second-order valence-corrected chi connectivity index (χ2v) is 6.18. The molecule has 1 amide bonds. The fourth-order valence-electron chi connectivity index (χ4n) is 3.12. The van der Waals surface area contributed by atoms with Crippen LogP contribution in [0.25, 0.3) is 10.9 Å². The number of methoxy groups -OCH3 is 1. The van der Waals surface area contributed by atoms with E-state index in [-0.39, 0.29) is 24.0 Å². The van der Waals surface area contributed by atoms with Crippen molar-refractivity contribution in [1.82, 2.24) is 4.98 Å². The van der Waals surface area contributed by atoms with Gasteiger partial charge in [-0.1, -0.05) is 18.6 Å². The molecule has 1 aliphatic rings. The molecule has 0 bridgehead atoms. The van der Waals surface area contributed by atoms with Gasteiger partial charge in [0, 0.05) is 12.3 Å². The fraction of sp³-hybridized carbons (Fsp3) is 0.421. The average molecular weight is 342 g/mol. The van der Waals surface area contributed by atoms with E-state index in [0.717, 1.165) is 23.8 Å². The molecular weight excluding hydrogens is 320 g/mol. The van der Waals surface area contributed by atoms with Gasteiger partial charge in [0.2, 0.25) is 11.8 Å². The monoisotopic (exact) mass is 342 g/mol. The number of nitrogens with zero attached hydrogens (tertiary/aromatic N) is 1. The second kappa shape index (κ2) is 7.09. The highest BCUT2D eigenvalue weighted by atomic mass is 16.5. The number of hydrogen-bond acceptors (Lipinski definition) is 5. The number of anilines is 1. The highest BCUT2D eigenvalue weighted by molar-refractivity contribution is 6.04. The third-order valence-corrected chi connectivity index (χ3v) is 4.52. The van der Waals surface area contributed by atoms with Crippen molar-refractivity contribution < 1.29 is 19.1 Å². The molecule has 0 unspecified atom stereocenters. The van der Waals surface area contributed by atoms with Crippen LogP contribution in [0.2, 0.25) is 0 Å². The van der Waals surface area contributed by atoms with Gasteiger partial charge in [0.1, 0.15) is 5.56 Å². The summed E-state index contributed by atoms with van der Waals surface area (Å²) >= 11 is 0. The van der Waals surface area contributed by atoms with Crippen molar-refractivity contribution in [2.45, 2.75) is 39.0 Å². The van der Waals surface area contributed by atoms with Gasteiger partial charge in [0.25, 0.3) is 0 Å². The van der Waals surface area contributed by atoms with Gasteiger partial charge in [-0.2, -0.15) is 0 Å². The molecule has 0 radical (unpaired) electrons. The summed E-state index contributed by atoms with van der Waals surface area (Å²) in [4.78, 5) is 28.4. The summed E-state index contributed by atoms with van der Waals surface area (Å²) in [5.74, 6) is 0.00768. The van der Waals surface area contributed by atoms with E-state index in [2.05, 4.69) is 10.3 Å². The van der Waals surface area contributed by atoms with Crippen LogP contribution in [0.1, 0.15) is 54.9 Å². The Morgan fingerprint density at radius 3 is 2.64 bits per heavy atom. The Kier molecular flexibility index (Phi) is 4.88. The van der Waals surface area contributed by atoms with E-state index >= 15 is 0 Å². The van der Waals surface area contributed by atoms with Crippen LogP contribution in [0.4, 0.5) is 5.69 Å². The molecule has 1 aliphatic carbocycles. The molecule has 1 N–H and O–H groups in total. The first-order chi connectivity index (χ1) is 12.0. The maximum atomic E-state index is 12.1. The highest BCUT2D eigenvalue weighted by Crippen LogP contribution is 2.42.